The summed E-state index contributed by atoms with van der Waals surface area (Å²) in [5, 5.41) is 13.1. The lowest BCUT2D eigenvalue weighted by Gasteiger charge is -2.09. The first-order valence-corrected chi connectivity index (χ1v) is 7.93. The van der Waals surface area contributed by atoms with Crippen molar-refractivity contribution in [1.29, 1.82) is 0 Å². The molecule has 3 heteroatoms. The number of benzene rings is 1. The van der Waals surface area contributed by atoms with Crippen molar-refractivity contribution in [3.63, 3.8) is 0 Å². The molecule has 0 aliphatic carbocycles. The van der Waals surface area contributed by atoms with Gasteiger partial charge in [-0.2, -0.15) is 0 Å². The van der Waals surface area contributed by atoms with Crippen molar-refractivity contribution < 1.29 is 9.84 Å². The van der Waals surface area contributed by atoms with Crippen LogP contribution in [0.15, 0.2) is 18.2 Å². The van der Waals surface area contributed by atoms with Gasteiger partial charge in [0.1, 0.15) is 0 Å². The molecule has 2 N–H and O–H groups in total. The quantitative estimate of drug-likeness (QED) is 0.595. The molecule has 1 rings (SSSR count). The zero-order valence-electron chi connectivity index (χ0n) is 13.0. The first kappa shape index (κ1) is 16.8. The van der Waals surface area contributed by atoms with Crippen molar-refractivity contribution in [2.75, 3.05) is 13.2 Å². The second-order valence-electron chi connectivity index (χ2n) is 5.18. The molecule has 0 amide bonds. The Morgan fingerprint density at radius 1 is 1.05 bits per heavy atom. The van der Waals surface area contributed by atoms with Crippen molar-refractivity contribution in [2.24, 2.45) is 0 Å². The van der Waals surface area contributed by atoms with E-state index in [-0.39, 0.29) is 5.75 Å². The molecule has 0 saturated carbocycles. The number of unbranched alkanes of at least 4 members (excludes halogenated alkanes) is 5. The third-order valence-corrected chi connectivity index (χ3v) is 3.36. The SMILES string of the molecule is CCCCCCCCNCc1ccc(O)c(OCC)c1. The fourth-order valence-corrected chi connectivity index (χ4v) is 2.20. The minimum absolute atomic E-state index is 0.214. The smallest absolute Gasteiger partial charge is 0.161 e. The topological polar surface area (TPSA) is 41.5 Å². The van der Waals surface area contributed by atoms with Crippen LogP contribution in [0.5, 0.6) is 11.5 Å². The van der Waals surface area contributed by atoms with Gasteiger partial charge < -0.3 is 15.2 Å². The Morgan fingerprint density at radius 2 is 1.80 bits per heavy atom. The molecule has 20 heavy (non-hydrogen) atoms. The lowest BCUT2D eigenvalue weighted by Crippen LogP contribution is -2.14. The zero-order valence-corrected chi connectivity index (χ0v) is 13.0. The summed E-state index contributed by atoms with van der Waals surface area (Å²) < 4.78 is 5.38. The van der Waals surface area contributed by atoms with Crippen LogP contribution in [0.1, 0.15) is 57.9 Å². The molecule has 0 aliphatic heterocycles. The molecule has 0 aromatic heterocycles. The zero-order chi connectivity index (χ0) is 14.6. The molecule has 114 valence electrons. The van der Waals surface area contributed by atoms with Crippen molar-refractivity contribution in [3.05, 3.63) is 23.8 Å². The number of nitrogens with one attached hydrogen (secondary N) is 1. The fourth-order valence-electron chi connectivity index (χ4n) is 2.20. The average molecular weight is 279 g/mol. The highest BCUT2D eigenvalue weighted by Gasteiger charge is 2.03. The monoisotopic (exact) mass is 279 g/mol. The van der Waals surface area contributed by atoms with Gasteiger partial charge in [0.05, 0.1) is 6.61 Å². The Bertz CT molecular complexity index is 366. The largest absolute Gasteiger partial charge is 0.504 e. The summed E-state index contributed by atoms with van der Waals surface area (Å²) in [4.78, 5) is 0. The number of phenols is 1. The molecule has 0 aliphatic rings. The first-order chi connectivity index (χ1) is 9.77. The van der Waals surface area contributed by atoms with E-state index in [9.17, 15) is 5.11 Å². The van der Waals surface area contributed by atoms with Crippen LogP contribution < -0.4 is 10.1 Å². The van der Waals surface area contributed by atoms with Crippen LogP contribution in [0, 0.1) is 0 Å². The molecule has 0 unspecified atom stereocenters. The summed E-state index contributed by atoms with van der Waals surface area (Å²) >= 11 is 0. The number of hydrogen-bond acceptors (Lipinski definition) is 3. The van der Waals surface area contributed by atoms with Crippen molar-refractivity contribution in [2.45, 2.75) is 58.9 Å². The normalized spacial score (nSPS) is 10.7. The predicted octanol–water partition coefficient (Wildman–Crippen LogP) is 4.24. The number of ether oxygens (including phenoxy) is 1. The molecule has 0 bridgehead atoms. The second kappa shape index (κ2) is 10.6. The highest BCUT2D eigenvalue weighted by Crippen LogP contribution is 2.26. The van der Waals surface area contributed by atoms with Gasteiger partial charge in [-0.25, -0.2) is 0 Å². The Hall–Kier alpha value is -1.22. The lowest BCUT2D eigenvalue weighted by atomic mass is 10.1. The molecular weight excluding hydrogens is 250 g/mol. The number of phenolic OH excluding ortho intramolecular Hbond substituents is 1. The van der Waals surface area contributed by atoms with Crippen LogP contribution in [0.25, 0.3) is 0 Å². The van der Waals surface area contributed by atoms with Gasteiger partial charge in [0.2, 0.25) is 0 Å². The van der Waals surface area contributed by atoms with E-state index in [1.165, 1.54) is 38.5 Å². The first-order valence-electron chi connectivity index (χ1n) is 7.93. The minimum atomic E-state index is 0.214. The molecule has 0 spiro atoms. The Balaban J connectivity index is 2.17. The standard InChI is InChI=1S/C17H29NO2/c1-3-5-6-7-8-9-12-18-14-15-10-11-16(19)17(13-15)20-4-2/h10-11,13,18-19H,3-9,12,14H2,1-2H3. The maximum atomic E-state index is 9.63. The van der Waals surface area contributed by atoms with E-state index in [0.717, 1.165) is 18.7 Å². The van der Waals surface area contributed by atoms with Crippen molar-refractivity contribution in [3.8, 4) is 11.5 Å². The van der Waals surface area contributed by atoms with E-state index in [0.29, 0.717) is 12.4 Å². The Labute approximate surface area is 123 Å². The van der Waals surface area contributed by atoms with Gasteiger partial charge in [0.25, 0.3) is 0 Å². The van der Waals surface area contributed by atoms with Crippen molar-refractivity contribution in [1.82, 2.24) is 5.32 Å². The maximum Gasteiger partial charge on any atom is 0.161 e. The Kier molecular flexibility index (Phi) is 8.88. The number of aromatic hydroxyl groups is 1. The van der Waals surface area contributed by atoms with E-state index in [2.05, 4.69) is 12.2 Å². The minimum Gasteiger partial charge on any atom is -0.504 e. The lowest BCUT2D eigenvalue weighted by molar-refractivity contribution is 0.317. The van der Waals surface area contributed by atoms with E-state index < -0.39 is 0 Å². The van der Waals surface area contributed by atoms with Crippen LogP contribution in [0.2, 0.25) is 0 Å². The molecule has 0 heterocycles. The number of rotatable bonds is 11. The molecule has 0 atom stereocenters. The van der Waals surface area contributed by atoms with Gasteiger partial charge in [0, 0.05) is 6.54 Å². The summed E-state index contributed by atoms with van der Waals surface area (Å²) in [6.07, 6.45) is 7.94. The highest BCUT2D eigenvalue weighted by molar-refractivity contribution is 5.41. The van der Waals surface area contributed by atoms with E-state index in [1.54, 1.807) is 6.07 Å². The summed E-state index contributed by atoms with van der Waals surface area (Å²) in [6.45, 7) is 6.62. The van der Waals surface area contributed by atoms with Gasteiger partial charge in [-0.05, 0) is 37.6 Å². The molecule has 1 aromatic rings. The number of hydrogen-bond donors (Lipinski definition) is 2. The summed E-state index contributed by atoms with van der Waals surface area (Å²) in [7, 11) is 0. The van der Waals surface area contributed by atoms with Crippen LogP contribution in [-0.2, 0) is 6.54 Å². The molecule has 1 aromatic carbocycles. The molecule has 0 fully saturated rings. The molecular formula is C17H29NO2. The predicted molar refractivity (Wildman–Crippen MR) is 84.4 cm³/mol. The highest BCUT2D eigenvalue weighted by atomic mass is 16.5. The third-order valence-electron chi connectivity index (χ3n) is 3.36. The van der Waals surface area contributed by atoms with Crippen LogP contribution in [0.4, 0.5) is 0 Å². The van der Waals surface area contributed by atoms with Gasteiger partial charge in [-0.1, -0.05) is 45.1 Å². The van der Waals surface area contributed by atoms with Gasteiger partial charge in [-0.3, -0.25) is 0 Å². The van der Waals surface area contributed by atoms with E-state index >= 15 is 0 Å². The Morgan fingerprint density at radius 3 is 2.55 bits per heavy atom. The summed E-state index contributed by atoms with van der Waals surface area (Å²) in [5.74, 6) is 0.790. The van der Waals surface area contributed by atoms with E-state index in [1.807, 2.05) is 19.1 Å². The van der Waals surface area contributed by atoms with Gasteiger partial charge in [0.15, 0.2) is 11.5 Å². The van der Waals surface area contributed by atoms with Crippen LogP contribution >= 0.6 is 0 Å². The second-order valence-corrected chi connectivity index (χ2v) is 5.18. The maximum absolute atomic E-state index is 9.63. The fraction of sp³-hybridized carbons (Fsp3) is 0.647. The summed E-state index contributed by atoms with van der Waals surface area (Å²) in [5.41, 5.74) is 1.15. The van der Waals surface area contributed by atoms with Crippen LogP contribution in [0.3, 0.4) is 0 Å². The molecule has 3 nitrogen and oxygen atoms in total. The van der Waals surface area contributed by atoms with Gasteiger partial charge in [-0.15, -0.1) is 0 Å². The molecule has 0 radical (unpaired) electrons. The van der Waals surface area contributed by atoms with Gasteiger partial charge >= 0.3 is 0 Å². The summed E-state index contributed by atoms with van der Waals surface area (Å²) in [6, 6.07) is 5.55. The van der Waals surface area contributed by atoms with Crippen molar-refractivity contribution >= 4 is 0 Å². The van der Waals surface area contributed by atoms with E-state index in [4.69, 9.17) is 4.74 Å². The average Bonchev–Trinajstić information content (AvgIpc) is 2.45. The third kappa shape index (κ3) is 6.80. The van der Waals surface area contributed by atoms with Crippen LogP contribution in [-0.4, -0.2) is 18.3 Å². The molecule has 0 saturated heterocycles.